The third-order valence-corrected chi connectivity index (χ3v) is 6.39. The van der Waals surface area contributed by atoms with E-state index in [2.05, 4.69) is 54.5 Å². The lowest BCUT2D eigenvalue weighted by molar-refractivity contribution is -0.119. The van der Waals surface area contributed by atoms with Gasteiger partial charge in [0.15, 0.2) is 11.0 Å². The van der Waals surface area contributed by atoms with Crippen LogP contribution >= 0.6 is 11.8 Å². The van der Waals surface area contributed by atoms with Gasteiger partial charge in [0.25, 0.3) is 0 Å². The van der Waals surface area contributed by atoms with Crippen LogP contribution in [-0.4, -0.2) is 32.0 Å². The van der Waals surface area contributed by atoms with Gasteiger partial charge in [-0.15, -0.1) is 10.2 Å². The van der Waals surface area contributed by atoms with Gasteiger partial charge in [-0.2, -0.15) is 5.26 Å². The van der Waals surface area contributed by atoms with Gasteiger partial charge >= 0.3 is 0 Å². The van der Waals surface area contributed by atoms with Crippen molar-refractivity contribution in [2.24, 2.45) is 5.92 Å². The molecule has 0 saturated heterocycles. The van der Waals surface area contributed by atoms with Gasteiger partial charge in [0, 0.05) is 6.54 Å². The summed E-state index contributed by atoms with van der Waals surface area (Å²) in [6, 6.07) is 10.4. The van der Waals surface area contributed by atoms with Crippen LogP contribution in [0.2, 0.25) is 0 Å². The fourth-order valence-corrected chi connectivity index (χ4v) is 4.49. The summed E-state index contributed by atoms with van der Waals surface area (Å²) >= 11 is 1.35. The Morgan fingerprint density at radius 1 is 1.29 bits per heavy atom. The maximum Gasteiger partial charge on any atom is 0.231 e. The number of nitrogens with one attached hydrogen (secondary N) is 1. The fourth-order valence-electron chi connectivity index (χ4n) is 3.73. The Kier molecular flexibility index (Phi) is 7.97. The number of rotatable bonds is 10. The molecule has 1 aliphatic rings. The van der Waals surface area contributed by atoms with Gasteiger partial charge in [0.2, 0.25) is 5.91 Å². The molecular weight excluding hydrogens is 410 g/mol. The van der Waals surface area contributed by atoms with Crippen molar-refractivity contribution in [1.82, 2.24) is 20.1 Å². The topological polar surface area (TPSA) is 92.8 Å². The summed E-state index contributed by atoms with van der Waals surface area (Å²) in [4.78, 5) is 12.5. The molecule has 3 rings (SSSR count). The standard InChI is InChI=1S/C23H31N5O2S/c1-4-18-7-9-19(10-8-18)30-14-20-26-27-22(28(20)13-17(2)3)31-15-21(29)25-23(16-24)11-5-6-12-23/h7-10,17H,4-6,11-15H2,1-3H3,(H,25,29). The van der Waals surface area contributed by atoms with Crippen molar-refractivity contribution in [3.05, 3.63) is 35.7 Å². The fraction of sp³-hybridized carbons (Fsp3) is 0.565. The number of thioether (sulfide) groups is 1. The van der Waals surface area contributed by atoms with Crippen molar-refractivity contribution in [2.45, 2.75) is 76.7 Å². The van der Waals surface area contributed by atoms with Crippen molar-refractivity contribution >= 4 is 17.7 Å². The van der Waals surface area contributed by atoms with Crippen LogP contribution in [0.1, 0.15) is 57.8 Å². The van der Waals surface area contributed by atoms with Gasteiger partial charge in [-0.25, -0.2) is 0 Å². The first kappa shape index (κ1) is 23.1. The maximum atomic E-state index is 12.5. The molecule has 0 atom stereocenters. The zero-order chi connectivity index (χ0) is 22.3. The van der Waals surface area contributed by atoms with Crippen LogP contribution < -0.4 is 10.1 Å². The Hall–Kier alpha value is -2.53. The average molecular weight is 442 g/mol. The van der Waals surface area contributed by atoms with Crippen LogP contribution in [0.5, 0.6) is 5.75 Å². The molecule has 0 bridgehead atoms. The Bertz CT molecular complexity index is 911. The highest BCUT2D eigenvalue weighted by molar-refractivity contribution is 7.99. The van der Waals surface area contributed by atoms with E-state index in [1.54, 1.807) is 0 Å². The van der Waals surface area contributed by atoms with Crippen molar-refractivity contribution in [1.29, 1.82) is 5.26 Å². The number of aryl methyl sites for hydroxylation is 1. The number of nitriles is 1. The first-order valence-corrected chi connectivity index (χ1v) is 11.9. The van der Waals surface area contributed by atoms with Crippen LogP contribution in [0.15, 0.2) is 29.4 Å². The average Bonchev–Trinajstić information content (AvgIpc) is 3.38. The van der Waals surface area contributed by atoms with E-state index in [4.69, 9.17) is 4.74 Å². The first-order chi connectivity index (χ1) is 14.9. The molecule has 0 spiro atoms. The molecule has 1 fully saturated rings. The summed E-state index contributed by atoms with van der Waals surface area (Å²) in [7, 11) is 0. The second-order valence-electron chi connectivity index (χ2n) is 8.43. The first-order valence-electron chi connectivity index (χ1n) is 10.9. The van der Waals surface area contributed by atoms with Gasteiger partial charge in [-0.3, -0.25) is 4.79 Å². The second kappa shape index (κ2) is 10.7. The van der Waals surface area contributed by atoms with E-state index in [9.17, 15) is 10.1 Å². The largest absolute Gasteiger partial charge is 0.486 e. The lowest BCUT2D eigenvalue weighted by atomic mass is 10.0. The third-order valence-electron chi connectivity index (χ3n) is 5.42. The minimum absolute atomic E-state index is 0.138. The molecule has 1 aromatic carbocycles. The molecule has 1 amide bonds. The van der Waals surface area contributed by atoms with Gasteiger partial charge in [0.1, 0.15) is 17.9 Å². The molecule has 0 radical (unpaired) electrons. The zero-order valence-corrected chi connectivity index (χ0v) is 19.4. The summed E-state index contributed by atoms with van der Waals surface area (Å²) in [5.74, 6) is 2.00. The third kappa shape index (κ3) is 6.23. The van der Waals surface area contributed by atoms with Gasteiger partial charge in [0.05, 0.1) is 11.8 Å². The van der Waals surface area contributed by atoms with Crippen molar-refractivity contribution < 1.29 is 9.53 Å². The molecular formula is C23H31N5O2S. The van der Waals surface area contributed by atoms with E-state index >= 15 is 0 Å². The van der Waals surface area contributed by atoms with Crippen LogP contribution in [0, 0.1) is 17.2 Å². The smallest absolute Gasteiger partial charge is 0.231 e. The number of benzene rings is 1. The molecule has 166 valence electrons. The van der Waals surface area contributed by atoms with Crippen molar-refractivity contribution in [3.8, 4) is 11.8 Å². The van der Waals surface area contributed by atoms with E-state index in [0.717, 1.165) is 50.2 Å². The molecule has 2 aromatic rings. The minimum atomic E-state index is -0.699. The molecule has 1 saturated carbocycles. The quantitative estimate of drug-likeness (QED) is 0.558. The number of hydrogen-bond donors (Lipinski definition) is 1. The van der Waals surface area contributed by atoms with E-state index in [1.165, 1.54) is 17.3 Å². The second-order valence-corrected chi connectivity index (χ2v) is 9.37. The van der Waals surface area contributed by atoms with Crippen molar-refractivity contribution in [3.63, 3.8) is 0 Å². The Morgan fingerprint density at radius 2 is 2.00 bits per heavy atom. The molecule has 1 heterocycles. The van der Waals surface area contributed by atoms with Crippen LogP contribution in [0.25, 0.3) is 0 Å². The summed E-state index contributed by atoms with van der Waals surface area (Å²) in [5, 5.41) is 21.7. The number of amides is 1. The predicted molar refractivity (Wildman–Crippen MR) is 121 cm³/mol. The van der Waals surface area contributed by atoms with Gasteiger partial charge < -0.3 is 14.6 Å². The molecule has 0 aliphatic heterocycles. The lowest BCUT2D eigenvalue weighted by Crippen LogP contribution is -2.45. The van der Waals surface area contributed by atoms with E-state index in [0.29, 0.717) is 17.7 Å². The normalized spacial score (nSPS) is 15.1. The van der Waals surface area contributed by atoms with E-state index in [-0.39, 0.29) is 11.7 Å². The highest BCUT2D eigenvalue weighted by Crippen LogP contribution is 2.29. The number of aromatic nitrogens is 3. The monoisotopic (exact) mass is 441 g/mol. The van der Waals surface area contributed by atoms with Crippen LogP contribution in [-0.2, 0) is 24.4 Å². The highest BCUT2D eigenvalue weighted by Gasteiger charge is 2.35. The summed E-state index contributed by atoms with van der Waals surface area (Å²) < 4.78 is 7.95. The van der Waals surface area contributed by atoms with E-state index < -0.39 is 5.54 Å². The van der Waals surface area contributed by atoms with E-state index in [1.807, 2.05) is 16.7 Å². The van der Waals surface area contributed by atoms with Gasteiger partial charge in [-0.1, -0.05) is 44.7 Å². The molecule has 1 N–H and O–H groups in total. The number of hydrogen-bond acceptors (Lipinski definition) is 6. The highest BCUT2D eigenvalue weighted by atomic mass is 32.2. The van der Waals surface area contributed by atoms with Crippen LogP contribution in [0.4, 0.5) is 0 Å². The molecule has 1 aromatic heterocycles. The molecule has 8 heteroatoms. The minimum Gasteiger partial charge on any atom is -0.486 e. The predicted octanol–water partition coefficient (Wildman–Crippen LogP) is 4.12. The Morgan fingerprint density at radius 3 is 2.61 bits per heavy atom. The SMILES string of the molecule is CCc1ccc(OCc2nnc(SCC(=O)NC3(C#N)CCCC3)n2CC(C)C)cc1. The molecule has 7 nitrogen and oxygen atoms in total. The molecule has 31 heavy (non-hydrogen) atoms. The maximum absolute atomic E-state index is 12.5. The summed E-state index contributed by atoms with van der Waals surface area (Å²) in [5.41, 5.74) is 0.568. The molecule has 0 unspecified atom stereocenters. The number of ether oxygens (including phenoxy) is 1. The Balaban J connectivity index is 1.62. The number of carbonyl (C=O) groups is 1. The summed E-state index contributed by atoms with van der Waals surface area (Å²) in [6.45, 7) is 7.44. The van der Waals surface area contributed by atoms with Crippen molar-refractivity contribution in [2.75, 3.05) is 5.75 Å². The zero-order valence-electron chi connectivity index (χ0n) is 18.6. The Labute approximate surface area is 188 Å². The number of nitrogens with zero attached hydrogens (tertiary/aromatic N) is 4. The summed E-state index contributed by atoms with van der Waals surface area (Å²) in [6.07, 6.45) is 4.41. The lowest BCUT2D eigenvalue weighted by Gasteiger charge is -2.21. The number of carbonyl (C=O) groups excluding carboxylic acids is 1. The van der Waals surface area contributed by atoms with Gasteiger partial charge in [-0.05, 0) is 55.7 Å². The molecule has 1 aliphatic carbocycles. The van der Waals surface area contributed by atoms with Crippen LogP contribution in [0.3, 0.4) is 0 Å².